The molecule has 1 N–H and O–H groups in total. The summed E-state index contributed by atoms with van der Waals surface area (Å²) in [5.41, 5.74) is -0.539. The Kier molecular flexibility index (Phi) is 5.00. The number of rotatable bonds is 2. The molecule has 0 radical (unpaired) electrons. The molecule has 6 heteroatoms. The Morgan fingerprint density at radius 3 is 2.36 bits per heavy atom. The molecule has 1 aliphatic carbocycles. The number of amides is 1. The third-order valence-electron chi connectivity index (χ3n) is 4.60. The van der Waals surface area contributed by atoms with Gasteiger partial charge in [-0.05, 0) is 46.0 Å². The van der Waals surface area contributed by atoms with Crippen molar-refractivity contribution in [2.75, 3.05) is 13.1 Å². The fourth-order valence-corrected chi connectivity index (χ4v) is 3.35. The van der Waals surface area contributed by atoms with Crippen LogP contribution in [0.5, 0.6) is 0 Å². The van der Waals surface area contributed by atoms with E-state index in [9.17, 15) is 18.7 Å². The minimum atomic E-state index is -2.57. The van der Waals surface area contributed by atoms with Gasteiger partial charge < -0.3 is 14.7 Å². The number of aliphatic hydroxyl groups excluding tert-OH is 1. The van der Waals surface area contributed by atoms with E-state index >= 15 is 0 Å². The zero-order valence-corrected chi connectivity index (χ0v) is 13.6. The molecule has 1 saturated carbocycles. The smallest absolute Gasteiger partial charge is 0.410 e. The quantitative estimate of drug-likeness (QED) is 0.848. The molecule has 128 valence electrons. The van der Waals surface area contributed by atoms with Gasteiger partial charge in [-0.15, -0.1) is 0 Å². The molecule has 1 saturated heterocycles. The third-order valence-corrected chi connectivity index (χ3v) is 4.60. The highest BCUT2D eigenvalue weighted by molar-refractivity contribution is 5.68. The number of ether oxygens (including phenoxy) is 1. The number of carbonyl (C=O) groups excluding carboxylic acids is 1. The lowest BCUT2D eigenvalue weighted by Crippen LogP contribution is -2.38. The van der Waals surface area contributed by atoms with E-state index in [1.165, 1.54) is 0 Å². The molecule has 2 aliphatic rings. The van der Waals surface area contributed by atoms with Gasteiger partial charge >= 0.3 is 6.09 Å². The van der Waals surface area contributed by atoms with Crippen molar-refractivity contribution in [2.24, 2.45) is 11.8 Å². The maximum atomic E-state index is 13.2. The summed E-state index contributed by atoms with van der Waals surface area (Å²) < 4.78 is 31.7. The van der Waals surface area contributed by atoms with E-state index in [1.54, 1.807) is 4.90 Å². The maximum Gasteiger partial charge on any atom is 0.410 e. The van der Waals surface area contributed by atoms with Crippen LogP contribution in [-0.2, 0) is 4.74 Å². The Bertz CT molecular complexity index is 399. The highest BCUT2D eigenvalue weighted by Crippen LogP contribution is 2.40. The predicted octanol–water partition coefficient (Wildman–Crippen LogP) is 3.43. The molecule has 1 heterocycles. The minimum absolute atomic E-state index is 0.0377. The molecule has 0 spiro atoms. The number of hydrogen-bond acceptors (Lipinski definition) is 3. The Morgan fingerprint density at radius 2 is 1.82 bits per heavy atom. The van der Waals surface area contributed by atoms with Crippen LogP contribution < -0.4 is 0 Å². The van der Waals surface area contributed by atoms with Crippen LogP contribution in [0.4, 0.5) is 13.6 Å². The highest BCUT2D eigenvalue weighted by atomic mass is 19.3. The first kappa shape index (κ1) is 17.4. The summed E-state index contributed by atoms with van der Waals surface area (Å²) in [6.45, 7) is 6.45. The third kappa shape index (κ3) is 4.54. The average molecular weight is 319 g/mol. The van der Waals surface area contributed by atoms with Gasteiger partial charge in [0, 0.05) is 31.8 Å². The minimum Gasteiger partial charge on any atom is -0.444 e. The largest absolute Gasteiger partial charge is 0.444 e. The van der Waals surface area contributed by atoms with Crippen LogP contribution in [0.15, 0.2) is 0 Å². The van der Waals surface area contributed by atoms with Crippen molar-refractivity contribution in [1.82, 2.24) is 4.90 Å². The van der Waals surface area contributed by atoms with Gasteiger partial charge in [-0.3, -0.25) is 0 Å². The van der Waals surface area contributed by atoms with Crippen LogP contribution >= 0.6 is 0 Å². The van der Waals surface area contributed by atoms with Gasteiger partial charge in [0.1, 0.15) is 5.60 Å². The summed E-state index contributed by atoms with van der Waals surface area (Å²) in [5, 5.41) is 10.5. The van der Waals surface area contributed by atoms with Gasteiger partial charge in [0.2, 0.25) is 5.92 Å². The number of halogens is 2. The molecular formula is C16H27F2NO3. The standard InChI is InChI=1S/C16H27F2NO3/c1-15(2,3)22-14(21)19-9-6-12(10-19)13(20)11-4-7-16(17,18)8-5-11/h11-13,20H,4-10H2,1-3H3/t12-,13+/m0/s1. The van der Waals surface area contributed by atoms with Crippen molar-refractivity contribution in [3.63, 3.8) is 0 Å². The second-order valence-electron chi connectivity index (χ2n) is 7.66. The topological polar surface area (TPSA) is 49.8 Å². The summed E-state index contributed by atoms with van der Waals surface area (Å²) in [4.78, 5) is 13.6. The van der Waals surface area contributed by atoms with Crippen LogP contribution in [0.25, 0.3) is 0 Å². The lowest BCUT2D eigenvalue weighted by atomic mass is 9.79. The molecule has 0 aromatic carbocycles. The van der Waals surface area contributed by atoms with E-state index in [2.05, 4.69) is 0 Å². The zero-order valence-electron chi connectivity index (χ0n) is 13.6. The number of hydrogen-bond donors (Lipinski definition) is 1. The summed E-state index contributed by atoms with van der Waals surface area (Å²) >= 11 is 0. The molecule has 0 aromatic heterocycles. The number of carbonyl (C=O) groups is 1. The SMILES string of the molecule is CC(C)(C)OC(=O)N1CC[C@H]([C@H](O)C2CCC(F)(F)CC2)C1. The van der Waals surface area contributed by atoms with Gasteiger partial charge in [-0.1, -0.05) is 0 Å². The number of aliphatic hydroxyl groups is 1. The molecule has 2 rings (SSSR count). The monoisotopic (exact) mass is 319 g/mol. The van der Waals surface area contributed by atoms with Crippen LogP contribution in [0.3, 0.4) is 0 Å². The van der Waals surface area contributed by atoms with Gasteiger partial charge in [-0.2, -0.15) is 0 Å². The molecule has 1 aliphatic heterocycles. The molecule has 2 atom stereocenters. The number of likely N-dealkylation sites (tertiary alicyclic amines) is 1. The second kappa shape index (κ2) is 6.30. The zero-order chi connectivity index (χ0) is 16.5. The Hall–Kier alpha value is -0.910. The molecule has 2 fully saturated rings. The molecular weight excluding hydrogens is 292 g/mol. The lowest BCUT2D eigenvalue weighted by molar-refractivity contribution is -0.0695. The van der Waals surface area contributed by atoms with E-state index in [0.717, 1.165) is 0 Å². The summed E-state index contributed by atoms with van der Waals surface area (Å²) in [5.74, 6) is -2.69. The summed E-state index contributed by atoms with van der Waals surface area (Å²) in [6.07, 6.45) is 0.164. The summed E-state index contributed by atoms with van der Waals surface area (Å²) in [6, 6.07) is 0. The Labute approximate surface area is 130 Å². The van der Waals surface area contributed by atoms with E-state index in [0.29, 0.717) is 32.4 Å². The van der Waals surface area contributed by atoms with Gasteiger partial charge in [0.15, 0.2) is 0 Å². The van der Waals surface area contributed by atoms with Gasteiger partial charge in [0.25, 0.3) is 0 Å². The number of alkyl halides is 2. The fourth-order valence-electron chi connectivity index (χ4n) is 3.35. The van der Waals surface area contributed by atoms with E-state index in [1.807, 2.05) is 20.8 Å². The van der Waals surface area contributed by atoms with E-state index in [-0.39, 0.29) is 30.8 Å². The van der Waals surface area contributed by atoms with E-state index < -0.39 is 17.6 Å². The molecule has 0 unspecified atom stereocenters. The van der Waals surface area contributed by atoms with Crippen molar-refractivity contribution < 1.29 is 23.4 Å². The fraction of sp³-hybridized carbons (Fsp3) is 0.938. The number of nitrogens with zero attached hydrogens (tertiary/aromatic N) is 1. The predicted molar refractivity (Wildman–Crippen MR) is 78.8 cm³/mol. The first-order valence-electron chi connectivity index (χ1n) is 8.11. The molecule has 22 heavy (non-hydrogen) atoms. The van der Waals surface area contributed by atoms with Crippen LogP contribution in [0.2, 0.25) is 0 Å². The molecule has 0 bridgehead atoms. The summed E-state index contributed by atoms with van der Waals surface area (Å²) in [7, 11) is 0. The van der Waals surface area contributed by atoms with Crippen molar-refractivity contribution in [1.29, 1.82) is 0 Å². The molecule has 4 nitrogen and oxygen atoms in total. The van der Waals surface area contributed by atoms with Crippen LogP contribution in [0.1, 0.15) is 52.9 Å². The van der Waals surface area contributed by atoms with Crippen molar-refractivity contribution in [3.05, 3.63) is 0 Å². The molecule has 0 aromatic rings. The normalized spacial score (nSPS) is 27.7. The van der Waals surface area contributed by atoms with Crippen molar-refractivity contribution in [3.8, 4) is 0 Å². The maximum absolute atomic E-state index is 13.2. The van der Waals surface area contributed by atoms with Gasteiger partial charge in [0.05, 0.1) is 6.10 Å². The first-order valence-corrected chi connectivity index (χ1v) is 8.11. The highest BCUT2D eigenvalue weighted by Gasteiger charge is 2.41. The van der Waals surface area contributed by atoms with Crippen molar-refractivity contribution >= 4 is 6.09 Å². The van der Waals surface area contributed by atoms with Crippen LogP contribution in [0, 0.1) is 11.8 Å². The Balaban J connectivity index is 1.84. The Morgan fingerprint density at radius 1 is 1.23 bits per heavy atom. The lowest BCUT2D eigenvalue weighted by Gasteiger charge is -2.33. The molecule has 1 amide bonds. The van der Waals surface area contributed by atoms with E-state index in [4.69, 9.17) is 4.74 Å². The van der Waals surface area contributed by atoms with Crippen molar-refractivity contribution in [2.45, 2.75) is 70.5 Å². The van der Waals surface area contributed by atoms with Gasteiger partial charge in [-0.25, -0.2) is 13.6 Å². The van der Waals surface area contributed by atoms with Crippen LogP contribution in [-0.4, -0.2) is 46.8 Å². The second-order valence-corrected chi connectivity index (χ2v) is 7.66. The first-order chi connectivity index (χ1) is 10.1. The average Bonchev–Trinajstić information content (AvgIpc) is 2.85.